The molecule has 0 aromatic rings. The highest BCUT2D eigenvalue weighted by molar-refractivity contribution is 5.36. The third kappa shape index (κ3) is 4.86. The Morgan fingerprint density at radius 2 is 1.87 bits per heavy atom. The predicted octanol–water partition coefficient (Wildman–Crippen LogP) is 6.76. The lowest BCUT2D eigenvalue weighted by Gasteiger charge is -2.44. The lowest BCUT2D eigenvalue weighted by molar-refractivity contribution is 0.0607. The summed E-state index contributed by atoms with van der Waals surface area (Å²) in [6, 6.07) is 0. The van der Waals surface area contributed by atoms with Gasteiger partial charge in [-0.2, -0.15) is 0 Å². The fraction of sp³-hybridized carbons (Fsp3) is 0.714. The topological polar surface area (TPSA) is 40.5 Å². The maximum Gasteiger partial charge on any atom is 0.0822 e. The van der Waals surface area contributed by atoms with E-state index in [0.717, 1.165) is 19.3 Å². The molecule has 0 bridgehead atoms. The predicted molar refractivity (Wildman–Crippen MR) is 127 cm³/mol. The normalized spacial score (nSPS) is 38.4. The molecule has 0 radical (unpaired) electrons. The van der Waals surface area contributed by atoms with Crippen LogP contribution in [0.5, 0.6) is 0 Å². The van der Waals surface area contributed by atoms with Crippen molar-refractivity contribution in [3.8, 4) is 0 Å². The van der Waals surface area contributed by atoms with Gasteiger partial charge in [0.1, 0.15) is 0 Å². The molecule has 3 rings (SSSR count). The van der Waals surface area contributed by atoms with Gasteiger partial charge in [-0.05, 0) is 93.0 Å². The zero-order valence-corrected chi connectivity index (χ0v) is 20.0. The van der Waals surface area contributed by atoms with Crippen molar-refractivity contribution < 1.29 is 10.2 Å². The fourth-order valence-corrected chi connectivity index (χ4v) is 6.21. The van der Waals surface area contributed by atoms with Crippen LogP contribution in [0.3, 0.4) is 0 Å². The molecule has 0 aliphatic heterocycles. The second-order valence-corrected chi connectivity index (χ2v) is 11.1. The molecule has 3 saturated carbocycles. The van der Waals surface area contributed by atoms with Crippen LogP contribution in [0.25, 0.3) is 0 Å². The standard InChI is InChI=1S/C28H44O2/c1-19(2)28(6,30)17-15-21(4)25-13-14-26-22(8-7-16-27(25,26)5)10-11-23-18-24(29)12-9-20(23)3/h10-11,15,17,19,21,24-26,29-30H,3,7-9,12-14,16,18H2,1-2,4-6H3/b17-15+,22-10?,23-11?/t21-,24+,25-,26?,27-,28+/m1/s1. The summed E-state index contributed by atoms with van der Waals surface area (Å²) in [5, 5.41) is 20.7. The van der Waals surface area contributed by atoms with E-state index in [-0.39, 0.29) is 12.0 Å². The van der Waals surface area contributed by atoms with Crippen molar-refractivity contribution in [2.45, 2.75) is 97.7 Å². The van der Waals surface area contributed by atoms with Crippen LogP contribution in [0, 0.1) is 29.1 Å². The summed E-state index contributed by atoms with van der Waals surface area (Å²) in [6.07, 6.45) is 17.6. The average molecular weight is 413 g/mol. The molecule has 0 aromatic carbocycles. The van der Waals surface area contributed by atoms with Gasteiger partial charge in [-0.1, -0.05) is 69.7 Å². The fourth-order valence-electron chi connectivity index (χ4n) is 6.21. The van der Waals surface area contributed by atoms with E-state index in [2.05, 4.69) is 52.5 Å². The van der Waals surface area contributed by atoms with Gasteiger partial charge in [-0.25, -0.2) is 0 Å². The molecule has 3 aliphatic carbocycles. The van der Waals surface area contributed by atoms with E-state index in [4.69, 9.17) is 0 Å². The number of allylic oxidation sites excluding steroid dienone is 5. The highest BCUT2D eigenvalue weighted by Gasteiger charge is 2.50. The minimum Gasteiger partial charge on any atom is -0.393 e. The second kappa shape index (κ2) is 9.17. The van der Waals surface area contributed by atoms with Crippen molar-refractivity contribution in [1.29, 1.82) is 0 Å². The van der Waals surface area contributed by atoms with Crippen molar-refractivity contribution in [2.75, 3.05) is 0 Å². The number of aliphatic hydroxyl groups excluding tert-OH is 1. The minimum atomic E-state index is -0.732. The number of fused-ring (bicyclic) bond motifs is 1. The highest BCUT2D eigenvalue weighted by atomic mass is 16.3. The molecule has 0 saturated heterocycles. The summed E-state index contributed by atoms with van der Waals surface area (Å²) < 4.78 is 0. The van der Waals surface area contributed by atoms with E-state index in [1.807, 2.05) is 13.0 Å². The Hall–Kier alpha value is -1.12. The summed E-state index contributed by atoms with van der Waals surface area (Å²) in [4.78, 5) is 0. The number of hydrogen-bond acceptors (Lipinski definition) is 2. The maximum atomic E-state index is 10.6. The highest BCUT2D eigenvalue weighted by Crippen LogP contribution is 2.59. The van der Waals surface area contributed by atoms with Gasteiger partial charge in [-0.3, -0.25) is 0 Å². The largest absolute Gasteiger partial charge is 0.393 e. The zero-order chi connectivity index (χ0) is 22.1. The van der Waals surface area contributed by atoms with Gasteiger partial charge < -0.3 is 10.2 Å². The van der Waals surface area contributed by atoms with Crippen LogP contribution >= 0.6 is 0 Å². The molecule has 2 heteroatoms. The SMILES string of the molecule is C=C1CC[C@H](O)CC1=CC=C1CCC[C@@]2(C)C1CC[C@@H]2[C@H](C)/C=C/[C@](C)(O)C(C)C. The van der Waals surface area contributed by atoms with E-state index < -0.39 is 5.60 Å². The molecular weight excluding hydrogens is 368 g/mol. The molecule has 168 valence electrons. The van der Waals surface area contributed by atoms with E-state index in [0.29, 0.717) is 23.2 Å². The van der Waals surface area contributed by atoms with E-state index in [1.54, 1.807) is 5.57 Å². The Bertz CT molecular complexity index is 723. The van der Waals surface area contributed by atoms with E-state index >= 15 is 0 Å². The van der Waals surface area contributed by atoms with Crippen LogP contribution in [-0.4, -0.2) is 21.9 Å². The van der Waals surface area contributed by atoms with Gasteiger partial charge in [0.25, 0.3) is 0 Å². The van der Waals surface area contributed by atoms with Crippen molar-refractivity contribution in [2.24, 2.45) is 29.1 Å². The Kier molecular flexibility index (Phi) is 7.19. The van der Waals surface area contributed by atoms with Crippen LogP contribution in [-0.2, 0) is 0 Å². The summed E-state index contributed by atoms with van der Waals surface area (Å²) in [5.41, 5.74) is 3.67. The first-order chi connectivity index (χ1) is 14.0. The third-order valence-electron chi connectivity index (χ3n) is 8.77. The molecule has 0 heterocycles. The monoisotopic (exact) mass is 412 g/mol. The van der Waals surface area contributed by atoms with Gasteiger partial charge in [0, 0.05) is 0 Å². The average Bonchev–Trinajstić information content (AvgIpc) is 3.04. The third-order valence-corrected chi connectivity index (χ3v) is 8.77. The maximum absolute atomic E-state index is 10.6. The zero-order valence-electron chi connectivity index (χ0n) is 20.0. The summed E-state index contributed by atoms with van der Waals surface area (Å²) in [5.74, 6) is 2.04. The summed E-state index contributed by atoms with van der Waals surface area (Å²) in [6.45, 7) is 15.2. The van der Waals surface area contributed by atoms with Crippen LogP contribution < -0.4 is 0 Å². The molecule has 0 aromatic heterocycles. The van der Waals surface area contributed by atoms with Crippen LogP contribution in [0.2, 0.25) is 0 Å². The van der Waals surface area contributed by atoms with Gasteiger partial charge >= 0.3 is 0 Å². The van der Waals surface area contributed by atoms with Gasteiger partial charge in [-0.15, -0.1) is 0 Å². The first-order valence-corrected chi connectivity index (χ1v) is 12.2. The molecule has 6 atom stereocenters. The van der Waals surface area contributed by atoms with Gasteiger partial charge in [0.2, 0.25) is 0 Å². The number of hydrogen-bond donors (Lipinski definition) is 2. The van der Waals surface area contributed by atoms with Crippen LogP contribution in [0.4, 0.5) is 0 Å². The van der Waals surface area contributed by atoms with Gasteiger partial charge in [0.05, 0.1) is 11.7 Å². The molecule has 3 aliphatic rings. The molecule has 30 heavy (non-hydrogen) atoms. The molecular formula is C28H44O2. The van der Waals surface area contributed by atoms with Crippen LogP contribution in [0.15, 0.2) is 47.6 Å². The summed E-state index contributed by atoms with van der Waals surface area (Å²) in [7, 11) is 0. The van der Waals surface area contributed by atoms with E-state index in [9.17, 15) is 10.2 Å². The van der Waals surface area contributed by atoms with E-state index in [1.165, 1.54) is 43.3 Å². The molecule has 3 fully saturated rings. The Labute approximate surface area is 184 Å². The molecule has 0 amide bonds. The Balaban J connectivity index is 1.76. The quantitative estimate of drug-likeness (QED) is 0.490. The first kappa shape index (κ1) is 23.5. The van der Waals surface area contributed by atoms with Crippen molar-refractivity contribution in [3.05, 3.63) is 47.6 Å². The number of aliphatic hydroxyl groups is 2. The number of rotatable bonds is 5. The van der Waals surface area contributed by atoms with Crippen LogP contribution in [0.1, 0.15) is 86.0 Å². The molecule has 2 nitrogen and oxygen atoms in total. The molecule has 2 N–H and O–H groups in total. The lowest BCUT2D eigenvalue weighted by Crippen LogP contribution is -2.36. The minimum absolute atomic E-state index is 0.205. The lowest BCUT2D eigenvalue weighted by atomic mass is 9.61. The Morgan fingerprint density at radius 1 is 1.13 bits per heavy atom. The van der Waals surface area contributed by atoms with Gasteiger partial charge in [0.15, 0.2) is 0 Å². The van der Waals surface area contributed by atoms with Crippen molar-refractivity contribution >= 4 is 0 Å². The summed E-state index contributed by atoms with van der Waals surface area (Å²) >= 11 is 0. The van der Waals surface area contributed by atoms with Crippen molar-refractivity contribution in [1.82, 2.24) is 0 Å². The molecule has 0 spiro atoms. The Morgan fingerprint density at radius 3 is 2.57 bits per heavy atom. The van der Waals surface area contributed by atoms with Crippen molar-refractivity contribution in [3.63, 3.8) is 0 Å². The molecule has 1 unspecified atom stereocenters. The second-order valence-electron chi connectivity index (χ2n) is 11.1. The first-order valence-electron chi connectivity index (χ1n) is 12.2. The smallest absolute Gasteiger partial charge is 0.0822 e.